The van der Waals surface area contributed by atoms with Gasteiger partial charge in [-0.1, -0.05) is 30.5 Å². The van der Waals surface area contributed by atoms with Crippen LogP contribution in [0, 0.1) is 0 Å². The Labute approximate surface area is 128 Å². The Morgan fingerprint density at radius 3 is 2.73 bits per heavy atom. The Hall–Kier alpha value is -1.86. The SMILES string of the molecule is C=CCN1C(=O)N(c2cc(C3CCCCC3)on2)C(O)C1O. The third-order valence-corrected chi connectivity index (χ3v) is 4.40. The first-order chi connectivity index (χ1) is 10.6. The minimum Gasteiger partial charge on any atom is -0.369 e. The molecule has 7 heteroatoms. The number of hydrogen-bond donors (Lipinski definition) is 2. The van der Waals surface area contributed by atoms with Gasteiger partial charge in [-0.25, -0.2) is 9.69 Å². The fraction of sp³-hybridized carbons (Fsp3) is 0.600. The first-order valence-electron chi connectivity index (χ1n) is 7.67. The van der Waals surface area contributed by atoms with Crippen molar-refractivity contribution in [1.82, 2.24) is 10.1 Å². The third-order valence-electron chi connectivity index (χ3n) is 4.40. The summed E-state index contributed by atoms with van der Waals surface area (Å²) < 4.78 is 5.37. The number of carbonyl (C=O) groups excluding carboxylic acids is 1. The number of nitrogens with zero attached hydrogens (tertiary/aromatic N) is 3. The van der Waals surface area contributed by atoms with Crippen molar-refractivity contribution in [1.29, 1.82) is 0 Å². The summed E-state index contributed by atoms with van der Waals surface area (Å²) in [6.07, 6.45) is 4.50. The highest BCUT2D eigenvalue weighted by Crippen LogP contribution is 2.35. The number of anilines is 1. The Kier molecular flexibility index (Phi) is 4.17. The van der Waals surface area contributed by atoms with Crippen LogP contribution in [0.5, 0.6) is 0 Å². The summed E-state index contributed by atoms with van der Waals surface area (Å²) in [7, 11) is 0. The summed E-state index contributed by atoms with van der Waals surface area (Å²) in [6.45, 7) is 3.70. The molecule has 1 saturated heterocycles. The molecule has 7 nitrogen and oxygen atoms in total. The Bertz CT molecular complexity index is 553. The Balaban J connectivity index is 1.80. The van der Waals surface area contributed by atoms with E-state index in [0.29, 0.717) is 5.92 Å². The van der Waals surface area contributed by atoms with Crippen molar-refractivity contribution in [2.75, 3.05) is 11.4 Å². The van der Waals surface area contributed by atoms with Crippen LogP contribution in [0.2, 0.25) is 0 Å². The molecule has 1 saturated carbocycles. The maximum atomic E-state index is 12.3. The van der Waals surface area contributed by atoms with Crippen LogP contribution in [-0.2, 0) is 0 Å². The molecule has 2 amide bonds. The summed E-state index contributed by atoms with van der Waals surface area (Å²) >= 11 is 0. The highest BCUT2D eigenvalue weighted by Gasteiger charge is 2.45. The van der Waals surface area contributed by atoms with Gasteiger partial charge in [0.15, 0.2) is 18.3 Å². The summed E-state index contributed by atoms with van der Waals surface area (Å²) in [5, 5.41) is 24.0. The number of aromatic nitrogens is 1. The lowest BCUT2D eigenvalue weighted by Gasteiger charge is -2.18. The molecule has 0 radical (unpaired) electrons. The van der Waals surface area contributed by atoms with E-state index in [4.69, 9.17) is 4.52 Å². The lowest BCUT2D eigenvalue weighted by atomic mass is 9.87. The van der Waals surface area contributed by atoms with Gasteiger partial charge < -0.3 is 14.7 Å². The van der Waals surface area contributed by atoms with Crippen LogP contribution in [0.4, 0.5) is 10.6 Å². The van der Waals surface area contributed by atoms with E-state index < -0.39 is 18.5 Å². The molecule has 1 aliphatic heterocycles. The van der Waals surface area contributed by atoms with Crippen LogP contribution in [0.25, 0.3) is 0 Å². The standard InChI is InChI=1S/C15H21N3O4/c1-2-8-17-13(19)14(20)18(15(17)21)12-9-11(22-16-12)10-6-4-3-5-7-10/h2,9-10,13-14,19-20H,1,3-8H2. The maximum Gasteiger partial charge on any atom is 0.330 e. The summed E-state index contributed by atoms with van der Waals surface area (Å²) in [4.78, 5) is 14.5. The number of rotatable bonds is 4. The lowest BCUT2D eigenvalue weighted by Crippen LogP contribution is -2.37. The van der Waals surface area contributed by atoms with Crippen LogP contribution < -0.4 is 4.90 Å². The molecule has 2 heterocycles. The Morgan fingerprint density at radius 2 is 2.05 bits per heavy atom. The zero-order valence-corrected chi connectivity index (χ0v) is 12.4. The lowest BCUT2D eigenvalue weighted by molar-refractivity contribution is -0.0236. The van der Waals surface area contributed by atoms with Crippen molar-refractivity contribution in [3.05, 3.63) is 24.5 Å². The maximum absolute atomic E-state index is 12.3. The smallest absolute Gasteiger partial charge is 0.330 e. The van der Waals surface area contributed by atoms with Gasteiger partial charge in [-0.2, -0.15) is 0 Å². The zero-order chi connectivity index (χ0) is 15.7. The van der Waals surface area contributed by atoms with Crippen LogP contribution in [-0.4, -0.2) is 45.3 Å². The van der Waals surface area contributed by atoms with E-state index in [1.807, 2.05) is 0 Å². The number of hydrogen-bond acceptors (Lipinski definition) is 5. The molecule has 2 unspecified atom stereocenters. The molecule has 2 aliphatic rings. The quantitative estimate of drug-likeness (QED) is 0.828. The summed E-state index contributed by atoms with van der Waals surface area (Å²) in [5.41, 5.74) is 0. The molecule has 22 heavy (non-hydrogen) atoms. The van der Waals surface area contributed by atoms with Gasteiger partial charge in [0.1, 0.15) is 5.76 Å². The van der Waals surface area contributed by atoms with E-state index in [0.717, 1.165) is 41.2 Å². The van der Waals surface area contributed by atoms with Gasteiger partial charge in [-0.3, -0.25) is 4.90 Å². The first kappa shape index (κ1) is 15.1. The second-order valence-electron chi connectivity index (χ2n) is 5.84. The average Bonchev–Trinajstić information content (AvgIpc) is 3.09. The first-order valence-corrected chi connectivity index (χ1v) is 7.67. The van der Waals surface area contributed by atoms with Crippen molar-refractivity contribution in [3.63, 3.8) is 0 Å². The number of aliphatic hydroxyl groups excluding tert-OH is 2. The van der Waals surface area contributed by atoms with Gasteiger partial charge in [0.25, 0.3) is 0 Å². The summed E-state index contributed by atoms with van der Waals surface area (Å²) in [5.74, 6) is 1.30. The number of amides is 2. The molecule has 120 valence electrons. The molecule has 3 rings (SSSR count). The van der Waals surface area contributed by atoms with Crippen molar-refractivity contribution < 1.29 is 19.5 Å². The van der Waals surface area contributed by atoms with Crippen LogP contribution in [0.3, 0.4) is 0 Å². The zero-order valence-electron chi connectivity index (χ0n) is 12.4. The monoisotopic (exact) mass is 307 g/mol. The highest BCUT2D eigenvalue weighted by molar-refractivity contribution is 5.94. The third kappa shape index (κ3) is 2.50. The molecule has 0 aromatic carbocycles. The highest BCUT2D eigenvalue weighted by atomic mass is 16.5. The molecule has 0 bridgehead atoms. The molecular weight excluding hydrogens is 286 g/mol. The van der Waals surface area contributed by atoms with E-state index in [-0.39, 0.29) is 12.4 Å². The van der Waals surface area contributed by atoms with E-state index in [9.17, 15) is 15.0 Å². The predicted octanol–water partition coefficient (Wildman–Crippen LogP) is 1.79. The van der Waals surface area contributed by atoms with Crippen LogP contribution in [0.1, 0.15) is 43.8 Å². The molecule has 2 fully saturated rings. The molecular formula is C15H21N3O4. The second kappa shape index (κ2) is 6.10. The molecule has 1 aromatic heterocycles. The van der Waals surface area contributed by atoms with Crippen molar-refractivity contribution in [2.24, 2.45) is 0 Å². The average molecular weight is 307 g/mol. The molecule has 1 aliphatic carbocycles. The minimum atomic E-state index is -1.36. The topological polar surface area (TPSA) is 90.0 Å². The van der Waals surface area contributed by atoms with E-state index in [2.05, 4.69) is 11.7 Å². The molecule has 1 aromatic rings. The molecule has 0 spiro atoms. The van der Waals surface area contributed by atoms with E-state index in [1.165, 1.54) is 12.5 Å². The minimum absolute atomic E-state index is 0.154. The van der Waals surface area contributed by atoms with Gasteiger partial charge in [-0.05, 0) is 12.8 Å². The number of carbonyl (C=O) groups is 1. The van der Waals surface area contributed by atoms with E-state index in [1.54, 1.807) is 6.07 Å². The van der Waals surface area contributed by atoms with Crippen LogP contribution in [0.15, 0.2) is 23.2 Å². The largest absolute Gasteiger partial charge is 0.369 e. The molecule has 2 atom stereocenters. The van der Waals surface area contributed by atoms with E-state index >= 15 is 0 Å². The van der Waals surface area contributed by atoms with Crippen molar-refractivity contribution in [2.45, 2.75) is 50.5 Å². The normalized spacial score (nSPS) is 26.7. The second-order valence-corrected chi connectivity index (χ2v) is 5.84. The van der Waals surface area contributed by atoms with Crippen LogP contribution >= 0.6 is 0 Å². The fourth-order valence-electron chi connectivity index (χ4n) is 3.19. The number of urea groups is 1. The summed E-state index contributed by atoms with van der Waals surface area (Å²) in [6, 6.07) is 1.18. The Morgan fingerprint density at radius 1 is 1.32 bits per heavy atom. The van der Waals surface area contributed by atoms with Gasteiger partial charge >= 0.3 is 6.03 Å². The van der Waals surface area contributed by atoms with Gasteiger partial charge in [0.2, 0.25) is 0 Å². The fourth-order valence-corrected chi connectivity index (χ4v) is 3.19. The van der Waals surface area contributed by atoms with Gasteiger partial charge in [-0.15, -0.1) is 6.58 Å². The van der Waals surface area contributed by atoms with Gasteiger partial charge in [0, 0.05) is 18.5 Å². The number of aliphatic hydroxyl groups is 2. The van der Waals surface area contributed by atoms with Crippen molar-refractivity contribution >= 4 is 11.8 Å². The van der Waals surface area contributed by atoms with Gasteiger partial charge in [0.05, 0.1) is 0 Å². The molecule has 2 N–H and O–H groups in total. The predicted molar refractivity (Wildman–Crippen MR) is 79.1 cm³/mol. The van der Waals surface area contributed by atoms with Crippen molar-refractivity contribution in [3.8, 4) is 0 Å².